The van der Waals surface area contributed by atoms with Crippen molar-refractivity contribution in [1.29, 1.82) is 5.26 Å². The molecule has 102 valence electrons. The molecule has 0 aliphatic heterocycles. The summed E-state index contributed by atoms with van der Waals surface area (Å²) >= 11 is 1.80. The Balaban J connectivity index is 1.92. The normalized spacial score (nSPS) is 10.2. The highest BCUT2D eigenvalue weighted by Crippen LogP contribution is 2.23. The van der Waals surface area contributed by atoms with Crippen LogP contribution < -0.4 is 5.32 Å². The molecule has 0 heterocycles. The molecule has 0 saturated heterocycles. The number of nitrogens with one attached hydrogen (secondary N) is 1. The first kappa shape index (κ1) is 14.6. The van der Waals surface area contributed by atoms with Gasteiger partial charge in [-0.05, 0) is 41.9 Å². The van der Waals surface area contributed by atoms with Crippen LogP contribution in [0.25, 0.3) is 0 Å². The number of thioether (sulfide) groups is 1. The van der Waals surface area contributed by atoms with Crippen LogP contribution in [0.2, 0.25) is 0 Å². The lowest BCUT2D eigenvalue weighted by molar-refractivity contribution is 0.726. The quantitative estimate of drug-likeness (QED) is 0.815. The summed E-state index contributed by atoms with van der Waals surface area (Å²) in [7, 11) is 0. The van der Waals surface area contributed by atoms with E-state index in [4.69, 9.17) is 5.26 Å². The summed E-state index contributed by atoms with van der Waals surface area (Å²) in [4.78, 5) is 1.26. The number of nitriles is 1. The standard InChI is InChI=1S/C17H18N2S/c1-2-19-12-14-6-8-17(9-7-14)20-13-16-5-3-4-15(10-16)11-18/h3-10,19H,2,12-13H2,1H3. The van der Waals surface area contributed by atoms with E-state index >= 15 is 0 Å². The van der Waals surface area contributed by atoms with E-state index in [0.29, 0.717) is 0 Å². The SMILES string of the molecule is CCNCc1ccc(SCc2cccc(C#N)c2)cc1. The van der Waals surface area contributed by atoms with Gasteiger partial charge in [0.2, 0.25) is 0 Å². The molecule has 0 unspecified atom stereocenters. The summed E-state index contributed by atoms with van der Waals surface area (Å²) in [6.07, 6.45) is 0. The maximum atomic E-state index is 8.89. The molecule has 2 nitrogen and oxygen atoms in total. The third-order valence-corrected chi connectivity index (χ3v) is 4.05. The van der Waals surface area contributed by atoms with Crippen LogP contribution in [-0.2, 0) is 12.3 Å². The molecule has 0 saturated carbocycles. The van der Waals surface area contributed by atoms with Crippen molar-refractivity contribution in [3.05, 3.63) is 65.2 Å². The molecule has 2 rings (SSSR count). The van der Waals surface area contributed by atoms with Gasteiger partial charge in [-0.15, -0.1) is 11.8 Å². The van der Waals surface area contributed by atoms with Gasteiger partial charge in [-0.25, -0.2) is 0 Å². The highest BCUT2D eigenvalue weighted by molar-refractivity contribution is 7.98. The zero-order chi connectivity index (χ0) is 14.2. The van der Waals surface area contributed by atoms with E-state index in [2.05, 4.69) is 48.6 Å². The second kappa shape index (κ2) is 7.74. The minimum atomic E-state index is 0.726. The summed E-state index contributed by atoms with van der Waals surface area (Å²) in [5.41, 5.74) is 3.22. The van der Waals surface area contributed by atoms with Gasteiger partial charge in [-0.2, -0.15) is 5.26 Å². The van der Waals surface area contributed by atoms with Crippen LogP contribution in [0.1, 0.15) is 23.6 Å². The van der Waals surface area contributed by atoms with Crippen molar-refractivity contribution in [2.45, 2.75) is 24.1 Å². The van der Waals surface area contributed by atoms with Gasteiger partial charge in [0.1, 0.15) is 0 Å². The molecule has 0 spiro atoms. The fourth-order valence-electron chi connectivity index (χ4n) is 1.87. The van der Waals surface area contributed by atoms with E-state index in [1.54, 1.807) is 11.8 Å². The smallest absolute Gasteiger partial charge is 0.0991 e. The monoisotopic (exact) mass is 282 g/mol. The van der Waals surface area contributed by atoms with Crippen LogP contribution in [0.4, 0.5) is 0 Å². The second-order valence-corrected chi connectivity index (χ2v) is 5.57. The Morgan fingerprint density at radius 2 is 1.90 bits per heavy atom. The van der Waals surface area contributed by atoms with Crippen LogP contribution in [0, 0.1) is 11.3 Å². The van der Waals surface area contributed by atoms with Gasteiger partial charge >= 0.3 is 0 Å². The molecule has 2 aromatic rings. The Hall–Kier alpha value is -1.76. The molecule has 0 aromatic heterocycles. The van der Waals surface area contributed by atoms with Crippen molar-refractivity contribution in [3.63, 3.8) is 0 Å². The molecule has 0 amide bonds. The molecule has 2 aromatic carbocycles. The highest BCUT2D eigenvalue weighted by atomic mass is 32.2. The summed E-state index contributed by atoms with van der Waals surface area (Å²) in [5, 5.41) is 12.2. The van der Waals surface area contributed by atoms with Crippen LogP contribution in [-0.4, -0.2) is 6.54 Å². The van der Waals surface area contributed by atoms with Crippen molar-refractivity contribution in [2.75, 3.05) is 6.54 Å². The lowest BCUT2D eigenvalue weighted by Crippen LogP contribution is -2.11. The van der Waals surface area contributed by atoms with Gasteiger partial charge in [0, 0.05) is 17.2 Å². The summed E-state index contributed by atoms with van der Waals surface area (Å²) in [5.74, 6) is 0.891. The minimum absolute atomic E-state index is 0.726. The topological polar surface area (TPSA) is 35.8 Å². The predicted octanol–water partition coefficient (Wildman–Crippen LogP) is 3.96. The molecule has 1 N–H and O–H groups in total. The van der Waals surface area contributed by atoms with Crippen LogP contribution in [0.3, 0.4) is 0 Å². The van der Waals surface area contributed by atoms with E-state index in [-0.39, 0.29) is 0 Å². The fraction of sp³-hybridized carbons (Fsp3) is 0.235. The average Bonchev–Trinajstić information content (AvgIpc) is 2.52. The summed E-state index contributed by atoms with van der Waals surface area (Å²) in [6, 6.07) is 18.6. The molecular weight excluding hydrogens is 264 g/mol. The second-order valence-electron chi connectivity index (χ2n) is 4.53. The first-order chi connectivity index (χ1) is 9.81. The number of hydrogen-bond donors (Lipinski definition) is 1. The van der Waals surface area contributed by atoms with Gasteiger partial charge < -0.3 is 5.32 Å². The molecule has 20 heavy (non-hydrogen) atoms. The summed E-state index contributed by atoms with van der Waals surface area (Å²) in [6.45, 7) is 4.02. The minimum Gasteiger partial charge on any atom is -0.313 e. The number of hydrogen-bond acceptors (Lipinski definition) is 3. The van der Waals surface area contributed by atoms with E-state index in [1.165, 1.54) is 16.0 Å². The van der Waals surface area contributed by atoms with Gasteiger partial charge in [-0.3, -0.25) is 0 Å². The largest absolute Gasteiger partial charge is 0.313 e. The van der Waals surface area contributed by atoms with Gasteiger partial charge in [-0.1, -0.05) is 31.2 Å². The van der Waals surface area contributed by atoms with E-state index in [0.717, 1.165) is 24.4 Å². The van der Waals surface area contributed by atoms with Crippen molar-refractivity contribution >= 4 is 11.8 Å². The third-order valence-electron chi connectivity index (χ3n) is 2.96. The van der Waals surface area contributed by atoms with Crippen molar-refractivity contribution in [1.82, 2.24) is 5.32 Å². The Labute approximate surface area is 124 Å². The Morgan fingerprint density at radius 1 is 1.10 bits per heavy atom. The molecule has 0 bridgehead atoms. The van der Waals surface area contributed by atoms with Gasteiger partial charge in [0.15, 0.2) is 0 Å². The molecule has 3 heteroatoms. The van der Waals surface area contributed by atoms with Gasteiger partial charge in [0.05, 0.1) is 11.6 Å². The maximum Gasteiger partial charge on any atom is 0.0991 e. The zero-order valence-electron chi connectivity index (χ0n) is 11.6. The lowest BCUT2D eigenvalue weighted by atomic mass is 10.2. The number of rotatable bonds is 6. The van der Waals surface area contributed by atoms with E-state index in [9.17, 15) is 0 Å². The van der Waals surface area contributed by atoms with E-state index in [1.807, 2.05) is 18.2 Å². The molecular formula is C17H18N2S. The Bertz CT molecular complexity index is 585. The molecule has 0 atom stereocenters. The maximum absolute atomic E-state index is 8.89. The third kappa shape index (κ3) is 4.41. The number of nitrogens with zero attached hydrogens (tertiary/aromatic N) is 1. The predicted molar refractivity (Wildman–Crippen MR) is 84.5 cm³/mol. The van der Waals surface area contributed by atoms with Crippen LogP contribution in [0.5, 0.6) is 0 Å². The number of benzene rings is 2. The molecule has 0 aliphatic rings. The van der Waals surface area contributed by atoms with Crippen LogP contribution >= 0.6 is 11.8 Å². The first-order valence-electron chi connectivity index (χ1n) is 6.73. The van der Waals surface area contributed by atoms with E-state index < -0.39 is 0 Å². The van der Waals surface area contributed by atoms with Crippen molar-refractivity contribution < 1.29 is 0 Å². The highest BCUT2D eigenvalue weighted by Gasteiger charge is 1.99. The lowest BCUT2D eigenvalue weighted by Gasteiger charge is -2.05. The summed E-state index contributed by atoms with van der Waals surface area (Å²) < 4.78 is 0. The zero-order valence-corrected chi connectivity index (χ0v) is 12.4. The molecule has 0 fully saturated rings. The van der Waals surface area contributed by atoms with Gasteiger partial charge in [0.25, 0.3) is 0 Å². The van der Waals surface area contributed by atoms with Crippen LogP contribution in [0.15, 0.2) is 53.4 Å². The van der Waals surface area contributed by atoms with Crippen molar-refractivity contribution in [2.24, 2.45) is 0 Å². The van der Waals surface area contributed by atoms with Crippen molar-refractivity contribution in [3.8, 4) is 6.07 Å². The molecule has 0 radical (unpaired) electrons. The Kier molecular flexibility index (Phi) is 5.67. The first-order valence-corrected chi connectivity index (χ1v) is 7.72. The fourth-order valence-corrected chi connectivity index (χ4v) is 2.71. The Morgan fingerprint density at radius 3 is 2.60 bits per heavy atom. The molecule has 0 aliphatic carbocycles. The average molecular weight is 282 g/mol.